The van der Waals surface area contributed by atoms with Crippen molar-refractivity contribution in [3.05, 3.63) is 35.1 Å². The van der Waals surface area contributed by atoms with E-state index in [0.717, 1.165) is 18.5 Å². The number of benzene rings is 1. The summed E-state index contributed by atoms with van der Waals surface area (Å²) in [5, 5.41) is 3.30. The van der Waals surface area contributed by atoms with Gasteiger partial charge in [0, 0.05) is 19.1 Å². The fourth-order valence-corrected chi connectivity index (χ4v) is 1.59. The molecule has 1 rings (SSSR count). The molecule has 1 atom stereocenters. The Morgan fingerprint density at radius 3 is 2.80 bits per heavy atom. The fourth-order valence-electron chi connectivity index (χ4n) is 1.59. The molecule has 0 aliphatic rings. The molecular formula is C12H19FN2. The third kappa shape index (κ3) is 3.98. The Bertz CT molecular complexity index is 312. The molecule has 0 spiro atoms. The average molecular weight is 210 g/mol. The minimum atomic E-state index is -0.138. The van der Waals surface area contributed by atoms with E-state index in [0.29, 0.717) is 18.2 Å². The van der Waals surface area contributed by atoms with E-state index in [-0.39, 0.29) is 5.82 Å². The van der Waals surface area contributed by atoms with Gasteiger partial charge in [-0.2, -0.15) is 0 Å². The SMILES string of the molecule is Cc1cc(CC(C)NCCN)ccc1F. The van der Waals surface area contributed by atoms with E-state index in [1.54, 1.807) is 6.92 Å². The monoisotopic (exact) mass is 210 g/mol. The lowest BCUT2D eigenvalue weighted by atomic mass is 10.0. The molecular weight excluding hydrogens is 191 g/mol. The van der Waals surface area contributed by atoms with Gasteiger partial charge in [0.2, 0.25) is 0 Å². The normalized spacial score (nSPS) is 12.8. The van der Waals surface area contributed by atoms with Crippen molar-refractivity contribution in [1.82, 2.24) is 5.32 Å². The summed E-state index contributed by atoms with van der Waals surface area (Å²) < 4.78 is 13.0. The molecule has 3 heteroatoms. The first-order valence-electron chi connectivity index (χ1n) is 5.32. The molecule has 3 N–H and O–H groups in total. The first-order valence-corrected chi connectivity index (χ1v) is 5.32. The predicted octanol–water partition coefficient (Wildman–Crippen LogP) is 1.61. The van der Waals surface area contributed by atoms with Crippen molar-refractivity contribution in [3.8, 4) is 0 Å². The summed E-state index contributed by atoms with van der Waals surface area (Å²) in [4.78, 5) is 0. The summed E-state index contributed by atoms with van der Waals surface area (Å²) in [6, 6.07) is 5.64. The Balaban J connectivity index is 2.53. The molecule has 2 nitrogen and oxygen atoms in total. The van der Waals surface area contributed by atoms with Crippen LogP contribution < -0.4 is 11.1 Å². The standard InChI is InChI=1S/C12H19FN2/c1-9-7-11(3-4-12(9)13)8-10(2)15-6-5-14/h3-4,7,10,15H,5-6,8,14H2,1-2H3. The quantitative estimate of drug-likeness (QED) is 0.775. The maximum absolute atomic E-state index is 13.0. The van der Waals surface area contributed by atoms with Gasteiger partial charge >= 0.3 is 0 Å². The number of rotatable bonds is 5. The molecule has 1 aromatic carbocycles. The van der Waals surface area contributed by atoms with E-state index < -0.39 is 0 Å². The van der Waals surface area contributed by atoms with Crippen LogP contribution in [-0.4, -0.2) is 19.1 Å². The molecule has 0 aliphatic carbocycles. The van der Waals surface area contributed by atoms with E-state index >= 15 is 0 Å². The molecule has 0 bridgehead atoms. The fraction of sp³-hybridized carbons (Fsp3) is 0.500. The van der Waals surface area contributed by atoms with Gasteiger partial charge in [-0.15, -0.1) is 0 Å². The molecule has 0 aromatic heterocycles. The van der Waals surface area contributed by atoms with Gasteiger partial charge in [-0.05, 0) is 37.5 Å². The molecule has 1 aromatic rings. The Hall–Kier alpha value is -0.930. The highest BCUT2D eigenvalue weighted by molar-refractivity contribution is 5.24. The average Bonchev–Trinajstić information content (AvgIpc) is 2.20. The zero-order valence-electron chi connectivity index (χ0n) is 9.39. The molecule has 0 saturated heterocycles. The van der Waals surface area contributed by atoms with Gasteiger partial charge in [-0.1, -0.05) is 12.1 Å². The minimum absolute atomic E-state index is 0.138. The molecule has 0 saturated carbocycles. The number of hydrogen-bond donors (Lipinski definition) is 2. The number of hydrogen-bond acceptors (Lipinski definition) is 2. The molecule has 1 unspecified atom stereocenters. The molecule has 0 heterocycles. The van der Waals surface area contributed by atoms with Gasteiger partial charge in [0.1, 0.15) is 5.82 Å². The van der Waals surface area contributed by atoms with Crippen LogP contribution in [0.1, 0.15) is 18.1 Å². The van der Waals surface area contributed by atoms with Crippen LogP contribution >= 0.6 is 0 Å². The van der Waals surface area contributed by atoms with Crippen LogP contribution in [0.2, 0.25) is 0 Å². The van der Waals surface area contributed by atoms with Gasteiger partial charge in [-0.25, -0.2) is 4.39 Å². The Labute approximate surface area is 90.7 Å². The second kappa shape index (κ2) is 5.83. The largest absolute Gasteiger partial charge is 0.329 e. The van der Waals surface area contributed by atoms with Crippen LogP contribution in [0, 0.1) is 12.7 Å². The van der Waals surface area contributed by atoms with Crippen LogP contribution in [0.4, 0.5) is 4.39 Å². The van der Waals surface area contributed by atoms with Crippen LogP contribution in [0.5, 0.6) is 0 Å². The first-order chi connectivity index (χ1) is 7.13. The van der Waals surface area contributed by atoms with Crippen molar-refractivity contribution < 1.29 is 4.39 Å². The summed E-state index contributed by atoms with van der Waals surface area (Å²) in [6.07, 6.45) is 0.904. The van der Waals surface area contributed by atoms with Gasteiger partial charge < -0.3 is 11.1 Å². The molecule has 84 valence electrons. The zero-order valence-corrected chi connectivity index (χ0v) is 9.39. The van der Waals surface area contributed by atoms with Crippen molar-refractivity contribution in [3.63, 3.8) is 0 Å². The summed E-state index contributed by atoms with van der Waals surface area (Å²) >= 11 is 0. The highest BCUT2D eigenvalue weighted by Gasteiger charge is 2.04. The second-order valence-electron chi connectivity index (χ2n) is 3.93. The van der Waals surface area contributed by atoms with E-state index in [2.05, 4.69) is 12.2 Å². The highest BCUT2D eigenvalue weighted by atomic mass is 19.1. The van der Waals surface area contributed by atoms with Gasteiger partial charge in [-0.3, -0.25) is 0 Å². The van der Waals surface area contributed by atoms with Crippen molar-refractivity contribution in [2.75, 3.05) is 13.1 Å². The Morgan fingerprint density at radius 2 is 2.20 bits per heavy atom. The van der Waals surface area contributed by atoms with Gasteiger partial charge in [0.15, 0.2) is 0 Å². The van der Waals surface area contributed by atoms with Gasteiger partial charge in [0.05, 0.1) is 0 Å². The Kier molecular flexibility index (Phi) is 4.72. The lowest BCUT2D eigenvalue weighted by Gasteiger charge is -2.13. The topological polar surface area (TPSA) is 38.0 Å². The van der Waals surface area contributed by atoms with Gasteiger partial charge in [0.25, 0.3) is 0 Å². The first kappa shape index (κ1) is 12.1. The van der Waals surface area contributed by atoms with Crippen LogP contribution in [-0.2, 0) is 6.42 Å². The van der Waals surface area contributed by atoms with Crippen LogP contribution in [0.25, 0.3) is 0 Å². The van der Waals surface area contributed by atoms with E-state index in [1.165, 1.54) is 6.07 Å². The number of nitrogens with two attached hydrogens (primary N) is 1. The molecule has 0 aliphatic heterocycles. The number of halogens is 1. The highest BCUT2D eigenvalue weighted by Crippen LogP contribution is 2.10. The Morgan fingerprint density at radius 1 is 1.47 bits per heavy atom. The maximum Gasteiger partial charge on any atom is 0.126 e. The molecule has 0 radical (unpaired) electrons. The third-order valence-electron chi connectivity index (χ3n) is 2.40. The van der Waals surface area contributed by atoms with Crippen molar-refractivity contribution >= 4 is 0 Å². The summed E-state index contributed by atoms with van der Waals surface area (Å²) in [5.74, 6) is -0.138. The van der Waals surface area contributed by atoms with Crippen molar-refractivity contribution in [1.29, 1.82) is 0 Å². The summed E-state index contributed by atoms with van der Waals surface area (Å²) in [6.45, 7) is 5.36. The molecule has 0 amide bonds. The van der Waals surface area contributed by atoms with Crippen LogP contribution in [0.3, 0.4) is 0 Å². The van der Waals surface area contributed by atoms with Crippen molar-refractivity contribution in [2.24, 2.45) is 5.73 Å². The number of aryl methyl sites for hydroxylation is 1. The minimum Gasteiger partial charge on any atom is -0.329 e. The number of nitrogens with one attached hydrogen (secondary N) is 1. The lowest BCUT2D eigenvalue weighted by Crippen LogP contribution is -2.32. The second-order valence-corrected chi connectivity index (χ2v) is 3.93. The molecule has 15 heavy (non-hydrogen) atoms. The maximum atomic E-state index is 13.0. The lowest BCUT2D eigenvalue weighted by molar-refractivity contribution is 0.551. The molecule has 0 fully saturated rings. The summed E-state index contributed by atoms with van der Waals surface area (Å²) in [5.41, 5.74) is 7.27. The predicted molar refractivity (Wildman–Crippen MR) is 61.4 cm³/mol. The summed E-state index contributed by atoms with van der Waals surface area (Å²) in [7, 11) is 0. The van der Waals surface area contributed by atoms with Crippen molar-refractivity contribution in [2.45, 2.75) is 26.3 Å². The third-order valence-corrected chi connectivity index (χ3v) is 2.40. The van der Waals surface area contributed by atoms with E-state index in [1.807, 2.05) is 12.1 Å². The van der Waals surface area contributed by atoms with E-state index in [9.17, 15) is 4.39 Å². The van der Waals surface area contributed by atoms with Crippen LogP contribution in [0.15, 0.2) is 18.2 Å². The van der Waals surface area contributed by atoms with E-state index in [4.69, 9.17) is 5.73 Å². The zero-order chi connectivity index (χ0) is 11.3. The smallest absolute Gasteiger partial charge is 0.126 e.